The number of amides is 1. The Kier molecular flexibility index (Phi) is 5.44. The lowest BCUT2D eigenvalue weighted by Gasteiger charge is -2.24. The highest BCUT2D eigenvalue weighted by atomic mass is 32.1. The molecule has 1 saturated heterocycles. The first kappa shape index (κ1) is 14.1. The van der Waals surface area contributed by atoms with Gasteiger partial charge in [-0.3, -0.25) is 4.79 Å². The molecule has 1 fully saturated rings. The maximum Gasteiger partial charge on any atom is 0.222 e. The number of likely N-dealkylation sites (tertiary alicyclic amines) is 1. The average molecular weight is 277 g/mol. The van der Waals surface area contributed by atoms with Gasteiger partial charge in [-0.05, 0) is 24.3 Å². The van der Waals surface area contributed by atoms with Crippen molar-refractivity contribution in [3.63, 3.8) is 0 Å². The third-order valence-corrected chi connectivity index (χ3v) is 4.21. The van der Waals surface area contributed by atoms with E-state index in [4.69, 9.17) is 5.11 Å². The largest absolute Gasteiger partial charge is 0.384 e. The average Bonchev–Trinajstić information content (AvgIpc) is 2.83. The number of aliphatic hydroxyl groups is 1. The summed E-state index contributed by atoms with van der Waals surface area (Å²) in [5, 5.41) is 10.7. The minimum Gasteiger partial charge on any atom is -0.384 e. The molecular weight excluding hydrogens is 258 g/mol. The normalized spacial score (nSPS) is 16.5. The van der Waals surface area contributed by atoms with Crippen LogP contribution in [0.5, 0.6) is 0 Å². The number of nitrogens with zero attached hydrogens (tertiary/aromatic N) is 1. The van der Waals surface area contributed by atoms with E-state index in [0.717, 1.165) is 29.8 Å². The minimum atomic E-state index is -0.127. The molecule has 0 atom stereocenters. The first-order valence-corrected chi connectivity index (χ1v) is 7.63. The van der Waals surface area contributed by atoms with Crippen LogP contribution in [0.3, 0.4) is 0 Å². The van der Waals surface area contributed by atoms with Crippen molar-refractivity contribution in [2.24, 2.45) is 0 Å². The van der Waals surface area contributed by atoms with E-state index < -0.39 is 0 Å². The number of thiophene rings is 1. The summed E-state index contributed by atoms with van der Waals surface area (Å²) in [4.78, 5) is 15.1. The van der Waals surface area contributed by atoms with E-state index in [-0.39, 0.29) is 12.5 Å². The van der Waals surface area contributed by atoms with Crippen molar-refractivity contribution >= 4 is 17.2 Å². The fourth-order valence-electron chi connectivity index (χ4n) is 2.27. The minimum absolute atomic E-state index is 0.127. The van der Waals surface area contributed by atoms with E-state index in [1.807, 2.05) is 16.3 Å². The molecule has 0 unspecified atom stereocenters. The summed E-state index contributed by atoms with van der Waals surface area (Å²) < 4.78 is 0. The summed E-state index contributed by atoms with van der Waals surface area (Å²) in [6, 6.07) is 1.96. The summed E-state index contributed by atoms with van der Waals surface area (Å²) >= 11 is 1.63. The lowest BCUT2D eigenvalue weighted by atomic mass is 10.1. The second kappa shape index (κ2) is 7.32. The Hall–Kier alpha value is -1.31. The van der Waals surface area contributed by atoms with E-state index in [0.29, 0.717) is 13.0 Å². The Morgan fingerprint density at radius 2 is 2.16 bits per heavy atom. The Balaban J connectivity index is 2.06. The zero-order chi connectivity index (χ0) is 13.5. The van der Waals surface area contributed by atoms with Crippen LogP contribution in [0.25, 0.3) is 0 Å². The second-order valence-corrected chi connectivity index (χ2v) is 5.70. The van der Waals surface area contributed by atoms with Crippen LogP contribution in [0.1, 0.15) is 42.5 Å². The molecule has 0 bridgehead atoms. The van der Waals surface area contributed by atoms with Crippen molar-refractivity contribution in [2.75, 3.05) is 13.2 Å². The zero-order valence-corrected chi connectivity index (χ0v) is 11.8. The molecule has 1 aromatic rings. The number of carbonyl (C=O) groups is 1. The molecule has 1 aliphatic heterocycles. The summed E-state index contributed by atoms with van der Waals surface area (Å²) in [7, 11) is 0. The first-order valence-electron chi connectivity index (χ1n) is 6.75. The number of carbonyl (C=O) groups excluding carboxylic acids is 1. The smallest absolute Gasteiger partial charge is 0.222 e. The lowest BCUT2D eigenvalue weighted by molar-refractivity contribution is -0.132. The van der Waals surface area contributed by atoms with Gasteiger partial charge in [-0.15, -0.1) is 11.3 Å². The van der Waals surface area contributed by atoms with Gasteiger partial charge in [0.2, 0.25) is 5.91 Å². The Labute approximate surface area is 118 Å². The molecule has 102 valence electrons. The van der Waals surface area contributed by atoms with Gasteiger partial charge in [-0.2, -0.15) is 0 Å². The van der Waals surface area contributed by atoms with Crippen LogP contribution in [0.2, 0.25) is 0 Å². The monoisotopic (exact) mass is 277 g/mol. The summed E-state index contributed by atoms with van der Waals surface area (Å²) in [6.45, 7) is 1.38. The number of aliphatic hydroxyl groups excluding tert-OH is 1. The van der Waals surface area contributed by atoms with Crippen molar-refractivity contribution in [1.82, 2.24) is 4.90 Å². The molecule has 19 heavy (non-hydrogen) atoms. The van der Waals surface area contributed by atoms with Crippen molar-refractivity contribution in [1.29, 1.82) is 0 Å². The molecular formula is C15H19NO2S. The molecule has 4 heteroatoms. The SMILES string of the molecule is O=C1CCCCCCN1Cc1sccc1C#CCO. The highest BCUT2D eigenvalue weighted by Gasteiger charge is 2.17. The van der Waals surface area contributed by atoms with E-state index >= 15 is 0 Å². The Bertz CT molecular complexity index is 484. The molecule has 3 nitrogen and oxygen atoms in total. The molecule has 1 aromatic heterocycles. The van der Waals surface area contributed by atoms with Crippen LogP contribution in [0, 0.1) is 11.8 Å². The molecule has 0 aromatic carbocycles. The van der Waals surface area contributed by atoms with Crippen molar-refractivity contribution in [3.05, 3.63) is 21.9 Å². The van der Waals surface area contributed by atoms with Gasteiger partial charge in [0.15, 0.2) is 0 Å². The van der Waals surface area contributed by atoms with E-state index in [1.165, 1.54) is 12.8 Å². The molecule has 1 aliphatic rings. The first-order chi connectivity index (χ1) is 9.31. The molecule has 0 aliphatic carbocycles. The Morgan fingerprint density at radius 1 is 1.32 bits per heavy atom. The fraction of sp³-hybridized carbons (Fsp3) is 0.533. The molecule has 2 rings (SSSR count). The third-order valence-electron chi connectivity index (χ3n) is 3.30. The molecule has 0 spiro atoms. The summed E-state index contributed by atoms with van der Waals surface area (Å²) in [5.41, 5.74) is 0.939. The molecule has 1 amide bonds. The zero-order valence-electron chi connectivity index (χ0n) is 11.0. The van der Waals surface area contributed by atoms with Gasteiger partial charge in [-0.1, -0.05) is 24.7 Å². The standard InChI is InChI=1S/C15H19NO2S/c17-10-5-6-13-8-11-19-14(13)12-16-9-4-2-1-3-7-15(16)18/h8,11,17H,1-4,7,9-10,12H2. The molecule has 0 radical (unpaired) electrons. The molecule has 1 N–H and O–H groups in total. The molecule has 2 heterocycles. The van der Waals surface area contributed by atoms with E-state index in [9.17, 15) is 4.79 Å². The maximum atomic E-state index is 12.1. The Morgan fingerprint density at radius 3 is 3.00 bits per heavy atom. The van der Waals surface area contributed by atoms with Gasteiger partial charge < -0.3 is 10.0 Å². The van der Waals surface area contributed by atoms with Crippen molar-refractivity contribution in [2.45, 2.75) is 38.6 Å². The van der Waals surface area contributed by atoms with Crippen LogP contribution < -0.4 is 0 Å². The van der Waals surface area contributed by atoms with Gasteiger partial charge in [-0.25, -0.2) is 0 Å². The predicted octanol–water partition coefficient (Wildman–Crippen LogP) is 2.38. The van der Waals surface area contributed by atoms with Crippen LogP contribution in [0.4, 0.5) is 0 Å². The third kappa shape index (κ3) is 4.09. The van der Waals surface area contributed by atoms with Crippen LogP contribution in [-0.2, 0) is 11.3 Å². The maximum absolute atomic E-state index is 12.1. The van der Waals surface area contributed by atoms with Gasteiger partial charge >= 0.3 is 0 Å². The van der Waals surface area contributed by atoms with E-state index in [2.05, 4.69) is 11.8 Å². The molecule has 0 saturated carbocycles. The quantitative estimate of drug-likeness (QED) is 0.843. The van der Waals surface area contributed by atoms with Gasteiger partial charge in [0.25, 0.3) is 0 Å². The number of hydrogen-bond donors (Lipinski definition) is 1. The van der Waals surface area contributed by atoms with Crippen LogP contribution in [0.15, 0.2) is 11.4 Å². The highest BCUT2D eigenvalue weighted by Crippen LogP contribution is 2.20. The predicted molar refractivity (Wildman–Crippen MR) is 76.8 cm³/mol. The number of rotatable bonds is 2. The van der Waals surface area contributed by atoms with E-state index in [1.54, 1.807) is 11.3 Å². The lowest BCUT2D eigenvalue weighted by Crippen LogP contribution is -2.32. The summed E-state index contributed by atoms with van der Waals surface area (Å²) in [6.07, 6.45) is 5.16. The summed E-state index contributed by atoms with van der Waals surface area (Å²) in [5.74, 6) is 5.88. The second-order valence-electron chi connectivity index (χ2n) is 4.70. The van der Waals surface area contributed by atoms with Crippen molar-refractivity contribution in [3.8, 4) is 11.8 Å². The van der Waals surface area contributed by atoms with Gasteiger partial charge in [0.05, 0.1) is 6.54 Å². The topological polar surface area (TPSA) is 40.5 Å². The van der Waals surface area contributed by atoms with Crippen LogP contribution >= 0.6 is 11.3 Å². The van der Waals surface area contributed by atoms with Crippen molar-refractivity contribution < 1.29 is 9.90 Å². The van der Waals surface area contributed by atoms with Crippen LogP contribution in [-0.4, -0.2) is 29.1 Å². The van der Waals surface area contributed by atoms with Gasteiger partial charge in [0.1, 0.15) is 6.61 Å². The van der Waals surface area contributed by atoms with Gasteiger partial charge in [0, 0.05) is 23.4 Å². The fourth-order valence-corrected chi connectivity index (χ4v) is 3.11. The number of hydrogen-bond acceptors (Lipinski definition) is 3. The highest BCUT2D eigenvalue weighted by molar-refractivity contribution is 7.10.